The van der Waals surface area contributed by atoms with Crippen LogP contribution in [0.2, 0.25) is 0 Å². The minimum atomic E-state index is -0.598. The number of likely N-dealkylation sites (tertiary alicyclic amines) is 2. The number of nitrogens with one attached hydrogen (secondary N) is 1. The van der Waals surface area contributed by atoms with Crippen molar-refractivity contribution >= 4 is 40.8 Å². The zero-order valence-electron chi connectivity index (χ0n) is 32.4. The lowest BCUT2D eigenvalue weighted by atomic mass is 9.81. The Balaban J connectivity index is 1.18. The first kappa shape index (κ1) is 36.3. The predicted octanol–water partition coefficient (Wildman–Crippen LogP) is 9.03. The van der Waals surface area contributed by atoms with Crippen LogP contribution in [0, 0.1) is 5.41 Å². The predicted molar refractivity (Wildman–Crippen MR) is 210 cm³/mol. The van der Waals surface area contributed by atoms with Crippen LogP contribution in [-0.4, -0.2) is 75.4 Å². The molecule has 2 saturated carbocycles. The summed E-state index contributed by atoms with van der Waals surface area (Å²) in [6, 6.07) is 12.7. The topological polar surface area (TPSA) is 93.1 Å². The molecule has 2 aliphatic carbocycles. The number of nitrogens with zero attached hydrogens (tertiary/aromatic N) is 3. The fraction of sp³-hybridized carbons (Fsp3) is 0.605. The maximum absolute atomic E-state index is 15.1. The summed E-state index contributed by atoms with van der Waals surface area (Å²) >= 11 is 1.43. The molecule has 284 valence electrons. The molecule has 2 saturated heterocycles. The first-order valence-corrected chi connectivity index (χ1v) is 20.8. The summed E-state index contributed by atoms with van der Waals surface area (Å²) in [5.41, 5.74) is 5.26. The third-order valence-electron chi connectivity index (χ3n) is 12.8. The lowest BCUT2D eigenvalue weighted by Gasteiger charge is -2.45. The van der Waals surface area contributed by atoms with Gasteiger partial charge in [0, 0.05) is 64.9 Å². The van der Waals surface area contributed by atoms with Gasteiger partial charge in [0.15, 0.2) is 0 Å². The number of rotatable bonds is 6. The van der Waals surface area contributed by atoms with Gasteiger partial charge in [0.2, 0.25) is 5.91 Å². The first-order valence-electron chi connectivity index (χ1n) is 19.9. The monoisotopic (exact) mass is 740 g/mol. The van der Waals surface area contributed by atoms with Crippen molar-refractivity contribution in [1.29, 1.82) is 0 Å². The van der Waals surface area contributed by atoms with Crippen molar-refractivity contribution < 1.29 is 23.9 Å². The standard InChI is InChI=1S/C43H56N4O5S/c1-27(2)53-44-38(48)29-13-15-32-35(23-29)46-26-43(39(49)45-21-18-42(19-22-45)17-10-20-47(42)40(50)52-41(3,4)5)25-34(43)33-24-30(51-6)14-16-31(33)37(46)36(32)28-11-8-7-9-12-28/h13-16,23-24,27-28,34H,7-12,17-22,25-26H2,1-6H3,(H,44,48). The molecule has 1 spiro atoms. The van der Waals surface area contributed by atoms with E-state index in [1.807, 2.05) is 31.7 Å². The van der Waals surface area contributed by atoms with Gasteiger partial charge in [-0.2, -0.15) is 0 Å². The van der Waals surface area contributed by atoms with Gasteiger partial charge in [-0.15, -0.1) is 0 Å². The van der Waals surface area contributed by atoms with Crippen molar-refractivity contribution in [3.63, 3.8) is 0 Å². The Hall–Kier alpha value is -3.66. The fourth-order valence-electron chi connectivity index (χ4n) is 10.2. The van der Waals surface area contributed by atoms with E-state index in [0.717, 1.165) is 56.2 Å². The highest BCUT2D eigenvalue weighted by atomic mass is 32.2. The molecule has 4 heterocycles. The number of benzene rings is 2. The average molecular weight is 741 g/mol. The molecule has 0 bridgehead atoms. The number of piperidine rings is 1. The zero-order chi connectivity index (χ0) is 37.3. The Morgan fingerprint density at radius 1 is 0.943 bits per heavy atom. The summed E-state index contributed by atoms with van der Waals surface area (Å²) in [6.07, 6.45) is 9.97. The molecule has 53 heavy (non-hydrogen) atoms. The van der Waals surface area contributed by atoms with Crippen molar-refractivity contribution in [2.24, 2.45) is 5.41 Å². The highest BCUT2D eigenvalue weighted by Crippen LogP contribution is 2.66. The molecule has 2 aromatic carbocycles. The normalized spacial score (nSPS) is 23.7. The number of ether oxygens (including phenoxy) is 2. The maximum Gasteiger partial charge on any atom is 0.410 e. The quantitative estimate of drug-likeness (QED) is 0.254. The summed E-state index contributed by atoms with van der Waals surface area (Å²) in [6.45, 7) is 12.4. The first-order chi connectivity index (χ1) is 25.3. The molecule has 8 rings (SSSR count). The molecule has 3 aromatic rings. The number of hydrogen-bond acceptors (Lipinski definition) is 6. The van der Waals surface area contributed by atoms with Crippen LogP contribution in [0.15, 0.2) is 36.4 Å². The Bertz CT molecular complexity index is 1930. The number of methoxy groups -OCH3 is 1. The van der Waals surface area contributed by atoms with Gasteiger partial charge >= 0.3 is 6.09 Å². The Morgan fingerprint density at radius 2 is 1.70 bits per heavy atom. The van der Waals surface area contributed by atoms with Crippen LogP contribution in [0.3, 0.4) is 0 Å². The molecular formula is C43H56N4O5S. The Kier molecular flexibility index (Phi) is 9.30. The smallest absolute Gasteiger partial charge is 0.410 e. The molecule has 2 unspecified atom stereocenters. The minimum Gasteiger partial charge on any atom is -0.497 e. The van der Waals surface area contributed by atoms with Crippen molar-refractivity contribution in [3.8, 4) is 17.0 Å². The van der Waals surface area contributed by atoms with E-state index in [1.165, 1.54) is 59.0 Å². The summed E-state index contributed by atoms with van der Waals surface area (Å²) in [4.78, 5) is 46.0. The van der Waals surface area contributed by atoms with Crippen molar-refractivity contribution in [1.82, 2.24) is 19.1 Å². The highest BCUT2D eigenvalue weighted by molar-refractivity contribution is 7.98. The second-order valence-corrected chi connectivity index (χ2v) is 19.0. The van der Waals surface area contributed by atoms with Crippen LogP contribution in [0.1, 0.15) is 132 Å². The Labute approximate surface area is 318 Å². The van der Waals surface area contributed by atoms with Crippen LogP contribution >= 0.6 is 11.9 Å². The summed E-state index contributed by atoms with van der Waals surface area (Å²) in [5, 5.41) is 1.47. The summed E-state index contributed by atoms with van der Waals surface area (Å²) in [7, 11) is 1.71. The van der Waals surface area contributed by atoms with Crippen LogP contribution in [0.25, 0.3) is 22.2 Å². The molecule has 3 amide bonds. The van der Waals surface area contributed by atoms with Crippen molar-refractivity contribution in [2.45, 2.75) is 134 Å². The van der Waals surface area contributed by atoms with Crippen LogP contribution in [-0.2, 0) is 16.1 Å². The molecule has 9 nitrogen and oxygen atoms in total. The van der Waals surface area contributed by atoms with Gasteiger partial charge in [0.05, 0.1) is 18.2 Å². The third-order valence-corrected chi connectivity index (χ3v) is 13.6. The van der Waals surface area contributed by atoms with Crippen molar-refractivity contribution in [3.05, 3.63) is 53.1 Å². The zero-order valence-corrected chi connectivity index (χ0v) is 33.2. The second-order valence-electron chi connectivity index (χ2n) is 17.6. The molecule has 10 heteroatoms. The van der Waals surface area contributed by atoms with Gasteiger partial charge in [0.25, 0.3) is 5.91 Å². The second kappa shape index (κ2) is 13.6. The van der Waals surface area contributed by atoms with Gasteiger partial charge in [-0.05, 0) is 125 Å². The summed E-state index contributed by atoms with van der Waals surface area (Å²) < 4.78 is 17.1. The third kappa shape index (κ3) is 6.40. The molecule has 0 radical (unpaired) electrons. The van der Waals surface area contributed by atoms with Gasteiger partial charge < -0.3 is 23.8 Å². The van der Waals surface area contributed by atoms with Crippen LogP contribution < -0.4 is 9.46 Å². The number of fused-ring (bicyclic) bond motifs is 7. The number of amides is 3. The van der Waals surface area contributed by atoms with E-state index in [-0.39, 0.29) is 34.6 Å². The van der Waals surface area contributed by atoms with E-state index < -0.39 is 11.0 Å². The molecular weight excluding hydrogens is 685 g/mol. The number of hydrogen-bond donors (Lipinski definition) is 1. The highest BCUT2D eigenvalue weighted by Gasteiger charge is 2.64. The SMILES string of the molecule is COc1ccc2c(c1)C1CC1(C(=O)N1CCC3(CCCN3C(=O)OC(C)(C)C)CC1)Cn1c-2c(C2CCCCC2)c2ccc(C(=O)NSC(C)C)cc21. The number of carbonyl (C=O) groups is 3. The molecule has 3 aliphatic heterocycles. The van der Waals surface area contributed by atoms with E-state index in [9.17, 15) is 9.59 Å². The van der Waals surface area contributed by atoms with Crippen LogP contribution in [0.5, 0.6) is 5.75 Å². The molecule has 5 aliphatic rings. The van der Waals surface area contributed by atoms with Crippen molar-refractivity contribution in [2.75, 3.05) is 26.7 Å². The minimum absolute atomic E-state index is 0.0730. The largest absolute Gasteiger partial charge is 0.497 e. The van der Waals surface area contributed by atoms with Gasteiger partial charge in [-0.1, -0.05) is 39.2 Å². The fourth-order valence-corrected chi connectivity index (χ4v) is 10.6. The number of aromatic nitrogens is 1. The molecule has 1 N–H and O–H groups in total. The van der Waals surface area contributed by atoms with E-state index in [1.54, 1.807) is 7.11 Å². The Morgan fingerprint density at radius 3 is 2.40 bits per heavy atom. The van der Waals surface area contributed by atoms with E-state index in [4.69, 9.17) is 9.47 Å². The van der Waals surface area contributed by atoms with Gasteiger partial charge in [-0.3, -0.25) is 14.3 Å². The van der Waals surface area contributed by atoms with E-state index in [2.05, 4.69) is 58.4 Å². The average Bonchev–Trinajstić information content (AvgIpc) is 3.63. The lowest BCUT2D eigenvalue weighted by Crippen LogP contribution is -2.56. The van der Waals surface area contributed by atoms with Gasteiger partial charge in [0.1, 0.15) is 11.4 Å². The van der Waals surface area contributed by atoms with Gasteiger partial charge in [-0.25, -0.2) is 4.79 Å². The van der Waals surface area contributed by atoms with E-state index >= 15 is 4.79 Å². The lowest BCUT2D eigenvalue weighted by molar-refractivity contribution is -0.140. The molecule has 1 aromatic heterocycles. The maximum atomic E-state index is 15.1. The number of carbonyl (C=O) groups excluding carboxylic acids is 3. The molecule has 4 fully saturated rings. The van der Waals surface area contributed by atoms with E-state index in [0.29, 0.717) is 37.7 Å². The van der Waals surface area contributed by atoms with Crippen LogP contribution in [0.4, 0.5) is 4.79 Å². The summed E-state index contributed by atoms with van der Waals surface area (Å²) in [5.74, 6) is 1.43. The molecule has 2 atom stereocenters.